The van der Waals surface area contributed by atoms with Crippen molar-refractivity contribution in [3.63, 3.8) is 0 Å². The molecular weight excluding hydrogens is 332 g/mol. The van der Waals surface area contributed by atoms with E-state index in [1.165, 1.54) is 43.6 Å². The third-order valence-electron chi connectivity index (χ3n) is 4.79. The van der Waals surface area contributed by atoms with Gasteiger partial charge in [-0.05, 0) is 55.8 Å². The number of likely N-dealkylation sites (tertiary alicyclic amines) is 1. The Balaban J connectivity index is 0.00000225. The highest BCUT2D eigenvalue weighted by molar-refractivity contribution is 5.85. The van der Waals surface area contributed by atoms with Crippen LogP contribution >= 0.6 is 12.4 Å². The van der Waals surface area contributed by atoms with Crippen LogP contribution in [0.15, 0.2) is 54.6 Å². The maximum Gasteiger partial charge on any atom is 0.118 e. The molecule has 3 rings (SSSR count). The van der Waals surface area contributed by atoms with Gasteiger partial charge in [-0.3, -0.25) is 0 Å². The SMILES string of the molecule is COc1ccc(CN(CCN2CCCCC2)c2ccccc2)cc1.Cl. The molecule has 1 fully saturated rings. The smallest absolute Gasteiger partial charge is 0.118 e. The van der Waals surface area contributed by atoms with Crippen LogP contribution in [0.4, 0.5) is 5.69 Å². The van der Waals surface area contributed by atoms with E-state index in [0.29, 0.717) is 0 Å². The summed E-state index contributed by atoms with van der Waals surface area (Å²) >= 11 is 0. The predicted molar refractivity (Wildman–Crippen MR) is 108 cm³/mol. The summed E-state index contributed by atoms with van der Waals surface area (Å²) in [5.74, 6) is 0.915. The fourth-order valence-electron chi connectivity index (χ4n) is 3.33. The summed E-state index contributed by atoms with van der Waals surface area (Å²) in [4.78, 5) is 5.09. The van der Waals surface area contributed by atoms with Gasteiger partial charge in [0.15, 0.2) is 0 Å². The van der Waals surface area contributed by atoms with Crippen molar-refractivity contribution in [2.24, 2.45) is 0 Å². The summed E-state index contributed by atoms with van der Waals surface area (Å²) in [7, 11) is 1.71. The normalized spacial score (nSPS) is 14.6. The van der Waals surface area contributed by atoms with Crippen LogP contribution in [-0.2, 0) is 6.54 Å². The summed E-state index contributed by atoms with van der Waals surface area (Å²) in [6.45, 7) is 5.65. The quantitative estimate of drug-likeness (QED) is 0.717. The highest BCUT2D eigenvalue weighted by Gasteiger charge is 2.13. The second-order valence-corrected chi connectivity index (χ2v) is 6.51. The molecule has 2 aromatic rings. The molecule has 2 aromatic carbocycles. The highest BCUT2D eigenvalue weighted by atomic mass is 35.5. The Labute approximate surface area is 158 Å². The lowest BCUT2D eigenvalue weighted by molar-refractivity contribution is 0.233. The number of hydrogen-bond donors (Lipinski definition) is 0. The van der Waals surface area contributed by atoms with Gasteiger partial charge in [0.05, 0.1) is 7.11 Å². The minimum absolute atomic E-state index is 0. The van der Waals surface area contributed by atoms with Gasteiger partial charge < -0.3 is 14.5 Å². The molecule has 1 saturated heterocycles. The average Bonchev–Trinajstić information content (AvgIpc) is 2.67. The minimum Gasteiger partial charge on any atom is -0.497 e. The topological polar surface area (TPSA) is 15.7 Å². The zero-order valence-corrected chi connectivity index (χ0v) is 15.9. The molecule has 0 spiro atoms. The lowest BCUT2D eigenvalue weighted by Gasteiger charge is -2.31. The Hall–Kier alpha value is -1.71. The van der Waals surface area contributed by atoms with Crippen molar-refractivity contribution in [2.75, 3.05) is 38.2 Å². The Bertz CT molecular complexity index is 597. The summed E-state index contributed by atoms with van der Waals surface area (Å²) in [6, 6.07) is 19.2. The number of rotatable bonds is 7. The molecular formula is C21H29ClN2O. The second kappa shape index (κ2) is 10.3. The van der Waals surface area contributed by atoms with Gasteiger partial charge in [0.2, 0.25) is 0 Å². The molecule has 1 aliphatic heterocycles. The maximum atomic E-state index is 5.27. The Morgan fingerprint density at radius 1 is 0.920 bits per heavy atom. The molecule has 0 N–H and O–H groups in total. The first kappa shape index (κ1) is 19.6. The molecule has 1 aliphatic rings. The van der Waals surface area contributed by atoms with E-state index < -0.39 is 0 Å². The van der Waals surface area contributed by atoms with Gasteiger partial charge in [-0.2, -0.15) is 0 Å². The summed E-state index contributed by atoms with van der Waals surface area (Å²) < 4.78 is 5.27. The zero-order chi connectivity index (χ0) is 16.6. The molecule has 0 radical (unpaired) electrons. The summed E-state index contributed by atoms with van der Waals surface area (Å²) in [6.07, 6.45) is 4.10. The lowest BCUT2D eigenvalue weighted by atomic mass is 10.1. The number of hydrogen-bond acceptors (Lipinski definition) is 3. The number of nitrogens with zero attached hydrogens (tertiary/aromatic N) is 2. The largest absolute Gasteiger partial charge is 0.497 e. The van der Waals surface area contributed by atoms with Crippen LogP contribution in [0, 0.1) is 0 Å². The highest BCUT2D eigenvalue weighted by Crippen LogP contribution is 2.19. The number of ether oxygens (including phenoxy) is 1. The van der Waals surface area contributed by atoms with E-state index in [9.17, 15) is 0 Å². The Kier molecular flexibility index (Phi) is 8.10. The van der Waals surface area contributed by atoms with Gasteiger partial charge in [0.1, 0.15) is 5.75 Å². The van der Waals surface area contributed by atoms with Crippen molar-refractivity contribution in [3.8, 4) is 5.75 Å². The first-order valence-corrected chi connectivity index (χ1v) is 9.00. The number of halogens is 1. The van der Waals surface area contributed by atoms with Crippen molar-refractivity contribution in [2.45, 2.75) is 25.8 Å². The van der Waals surface area contributed by atoms with Crippen LogP contribution in [0.5, 0.6) is 5.75 Å². The van der Waals surface area contributed by atoms with Gasteiger partial charge in [-0.25, -0.2) is 0 Å². The molecule has 0 bridgehead atoms. The summed E-state index contributed by atoms with van der Waals surface area (Å²) in [5.41, 5.74) is 2.61. The van der Waals surface area contributed by atoms with Crippen molar-refractivity contribution in [1.82, 2.24) is 4.90 Å². The third kappa shape index (κ3) is 5.94. The lowest BCUT2D eigenvalue weighted by Crippen LogP contribution is -2.37. The van der Waals surface area contributed by atoms with Gasteiger partial charge in [-0.15, -0.1) is 12.4 Å². The van der Waals surface area contributed by atoms with Crippen molar-refractivity contribution in [3.05, 3.63) is 60.2 Å². The van der Waals surface area contributed by atoms with Crippen LogP contribution in [0.25, 0.3) is 0 Å². The number of para-hydroxylation sites is 1. The molecule has 0 atom stereocenters. The van der Waals surface area contributed by atoms with Crippen LogP contribution in [-0.4, -0.2) is 38.2 Å². The Morgan fingerprint density at radius 3 is 2.24 bits per heavy atom. The molecule has 0 unspecified atom stereocenters. The van der Waals surface area contributed by atoms with Gasteiger partial charge in [-0.1, -0.05) is 36.8 Å². The van der Waals surface area contributed by atoms with Crippen molar-refractivity contribution >= 4 is 18.1 Å². The zero-order valence-electron chi connectivity index (χ0n) is 15.1. The first-order valence-electron chi connectivity index (χ1n) is 9.00. The molecule has 25 heavy (non-hydrogen) atoms. The van der Waals surface area contributed by atoms with E-state index in [2.05, 4.69) is 52.3 Å². The first-order chi connectivity index (χ1) is 11.8. The van der Waals surface area contributed by atoms with Crippen LogP contribution in [0.3, 0.4) is 0 Å². The van der Waals surface area contributed by atoms with E-state index in [-0.39, 0.29) is 12.4 Å². The fourth-order valence-corrected chi connectivity index (χ4v) is 3.33. The van der Waals surface area contributed by atoms with E-state index in [1.807, 2.05) is 12.1 Å². The van der Waals surface area contributed by atoms with Gasteiger partial charge in [0.25, 0.3) is 0 Å². The minimum atomic E-state index is 0. The fraction of sp³-hybridized carbons (Fsp3) is 0.429. The number of benzene rings is 2. The molecule has 1 heterocycles. The molecule has 136 valence electrons. The standard InChI is InChI=1S/C21H28N2O.ClH/c1-24-21-12-10-19(11-13-21)18-23(20-8-4-2-5-9-20)17-16-22-14-6-3-7-15-22;/h2,4-5,8-13H,3,6-7,14-18H2,1H3;1H. The van der Waals surface area contributed by atoms with Gasteiger partial charge >= 0.3 is 0 Å². The molecule has 0 aliphatic carbocycles. The molecule has 0 saturated carbocycles. The Morgan fingerprint density at radius 2 is 1.60 bits per heavy atom. The number of piperidine rings is 1. The molecule has 0 amide bonds. The molecule has 0 aromatic heterocycles. The van der Waals surface area contributed by atoms with E-state index in [0.717, 1.165) is 25.4 Å². The monoisotopic (exact) mass is 360 g/mol. The maximum absolute atomic E-state index is 5.27. The number of anilines is 1. The van der Waals surface area contributed by atoms with Crippen molar-refractivity contribution < 1.29 is 4.74 Å². The predicted octanol–water partition coefficient (Wildman–Crippen LogP) is 4.61. The van der Waals surface area contributed by atoms with Crippen LogP contribution < -0.4 is 9.64 Å². The molecule has 4 heteroatoms. The van der Waals surface area contributed by atoms with Crippen molar-refractivity contribution in [1.29, 1.82) is 0 Å². The van der Waals surface area contributed by atoms with E-state index in [1.54, 1.807) is 7.11 Å². The number of methoxy groups -OCH3 is 1. The van der Waals surface area contributed by atoms with Crippen LogP contribution in [0.2, 0.25) is 0 Å². The summed E-state index contributed by atoms with van der Waals surface area (Å²) in [5, 5.41) is 0. The van der Waals surface area contributed by atoms with E-state index >= 15 is 0 Å². The third-order valence-corrected chi connectivity index (χ3v) is 4.79. The van der Waals surface area contributed by atoms with E-state index in [4.69, 9.17) is 4.74 Å². The van der Waals surface area contributed by atoms with Gasteiger partial charge in [0, 0.05) is 25.3 Å². The average molecular weight is 361 g/mol. The molecule has 3 nitrogen and oxygen atoms in total. The van der Waals surface area contributed by atoms with Crippen LogP contribution in [0.1, 0.15) is 24.8 Å². The second-order valence-electron chi connectivity index (χ2n) is 6.51.